The molecule has 0 amide bonds. The number of methoxy groups -OCH3 is 1. The van der Waals surface area contributed by atoms with Crippen molar-refractivity contribution in [2.45, 2.75) is 6.54 Å². The van der Waals surface area contributed by atoms with Crippen LogP contribution in [-0.2, 0) is 11.3 Å². The Balaban J connectivity index is 1.93. The van der Waals surface area contributed by atoms with Crippen molar-refractivity contribution in [3.05, 3.63) is 57.0 Å². The number of hydrogen-bond acceptors (Lipinski definition) is 7. The first kappa shape index (κ1) is 14.2. The highest BCUT2D eigenvalue weighted by Crippen LogP contribution is 2.20. The molecule has 0 aliphatic heterocycles. The molecule has 0 aliphatic carbocycles. The van der Waals surface area contributed by atoms with Crippen molar-refractivity contribution in [1.82, 2.24) is 14.7 Å². The van der Waals surface area contributed by atoms with Crippen LogP contribution in [0.4, 0.5) is 0 Å². The van der Waals surface area contributed by atoms with Crippen molar-refractivity contribution >= 4 is 17.3 Å². The summed E-state index contributed by atoms with van der Waals surface area (Å²) in [6.45, 7) is 0.258. The molecule has 0 spiro atoms. The number of carbonyl (C=O) groups is 1. The predicted octanol–water partition coefficient (Wildman–Crippen LogP) is 1.79. The van der Waals surface area contributed by atoms with E-state index < -0.39 is 11.7 Å². The summed E-state index contributed by atoms with van der Waals surface area (Å²) in [7, 11) is 1.33. The van der Waals surface area contributed by atoms with Gasteiger partial charge < -0.3 is 4.74 Å². The zero-order valence-corrected chi connectivity index (χ0v) is 12.4. The Morgan fingerprint density at radius 1 is 1.41 bits per heavy atom. The number of hydrogen-bond donors (Lipinski definition) is 0. The molecule has 0 aliphatic rings. The Kier molecular flexibility index (Phi) is 3.84. The van der Waals surface area contributed by atoms with Gasteiger partial charge in [-0.05, 0) is 24.3 Å². The number of esters is 1. The second-order valence-electron chi connectivity index (χ2n) is 4.36. The maximum atomic E-state index is 11.8. The highest BCUT2D eigenvalue weighted by Gasteiger charge is 2.15. The molecule has 112 valence electrons. The lowest BCUT2D eigenvalue weighted by Gasteiger charge is -2.02. The van der Waals surface area contributed by atoms with Gasteiger partial charge >= 0.3 is 11.7 Å². The Hall–Kier alpha value is -2.74. The number of pyridine rings is 1. The lowest BCUT2D eigenvalue weighted by atomic mass is 10.2. The van der Waals surface area contributed by atoms with Crippen LogP contribution >= 0.6 is 11.3 Å². The Morgan fingerprint density at radius 3 is 3.00 bits per heavy atom. The number of nitrogens with zero attached hydrogens (tertiary/aromatic N) is 3. The molecule has 0 bridgehead atoms. The van der Waals surface area contributed by atoms with E-state index in [1.54, 1.807) is 36.7 Å². The van der Waals surface area contributed by atoms with Gasteiger partial charge in [-0.25, -0.2) is 9.59 Å². The van der Waals surface area contributed by atoms with Crippen molar-refractivity contribution < 1.29 is 14.1 Å². The summed E-state index contributed by atoms with van der Waals surface area (Å²) in [4.78, 5) is 28.6. The molecule has 0 saturated carbocycles. The van der Waals surface area contributed by atoms with Gasteiger partial charge in [0.05, 0.1) is 13.7 Å². The van der Waals surface area contributed by atoms with Crippen molar-refractivity contribution in [2.75, 3.05) is 7.11 Å². The summed E-state index contributed by atoms with van der Waals surface area (Å²) in [5.74, 6) is -0.570. The molecule has 3 heterocycles. The van der Waals surface area contributed by atoms with Gasteiger partial charge in [-0.3, -0.25) is 14.1 Å². The topological polar surface area (TPSA) is 87.2 Å². The minimum Gasteiger partial charge on any atom is -0.465 e. The van der Waals surface area contributed by atoms with E-state index in [2.05, 4.69) is 14.9 Å². The minimum absolute atomic E-state index is 0.258. The van der Waals surface area contributed by atoms with Gasteiger partial charge in [-0.1, -0.05) is 5.16 Å². The quantitative estimate of drug-likeness (QED) is 0.682. The molecule has 0 unspecified atom stereocenters. The van der Waals surface area contributed by atoms with Gasteiger partial charge in [0.1, 0.15) is 4.88 Å². The standard InChI is InChI=1S/C14H11N3O4S/c1-20-13(18)11-5-4-10(22-11)8-17-12(16-21-14(17)19)9-3-2-6-15-7-9/h2-7H,8H2,1H3. The molecule has 3 aromatic rings. The van der Waals surface area contributed by atoms with Gasteiger partial charge in [0.15, 0.2) is 5.82 Å². The van der Waals surface area contributed by atoms with Gasteiger partial charge in [0.2, 0.25) is 0 Å². The summed E-state index contributed by atoms with van der Waals surface area (Å²) in [6, 6.07) is 6.96. The first-order valence-electron chi connectivity index (χ1n) is 6.33. The summed E-state index contributed by atoms with van der Waals surface area (Å²) < 4.78 is 10.8. The molecule has 0 saturated heterocycles. The fraction of sp³-hybridized carbons (Fsp3) is 0.143. The number of rotatable bonds is 4. The lowest BCUT2D eigenvalue weighted by Crippen LogP contribution is -2.15. The molecule has 8 heteroatoms. The van der Waals surface area contributed by atoms with Crippen LogP contribution < -0.4 is 5.76 Å². The van der Waals surface area contributed by atoms with Crippen molar-refractivity contribution in [2.24, 2.45) is 0 Å². The number of ether oxygens (including phenoxy) is 1. The maximum Gasteiger partial charge on any atom is 0.442 e. The molecule has 0 N–H and O–H groups in total. The molecule has 3 aromatic heterocycles. The predicted molar refractivity (Wildman–Crippen MR) is 78.8 cm³/mol. The Morgan fingerprint density at radius 2 is 2.27 bits per heavy atom. The maximum absolute atomic E-state index is 11.8. The summed E-state index contributed by atoms with van der Waals surface area (Å²) in [5.41, 5.74) is 0.679. The van der Waals surface area contributed by atoms with Crippen LogP contribution in [0.2, 0.25) is 0 Å². The third kappa shape index (κ3) is 2.68. The monoisotopic (exact) mass is 317 g/mol. The third-order valence-electron chi connectivity index (χ3n) is 2.97. The van der Waals surface area contributed by atoms with E-state index >= 15 is 0 Å². The lowest BCUT2D eigenvalue weighted by molar-refractivity contribution is 0.0606. The normalized spacial score (nSPS) is 10.6. The highest BCUT2D eigenvalue weighted by atomic mass is 32.1. The molecular formula is C14H11N3O4S. The number of thiophene rings is 1. The van der Waals surface area contributed by atoms with Crippen molar-refractivity contribution in [3.63, 3.8) is 0 Å². The number of aromatic nitrogens is 3. The van der Waals surface area contributed by atoms with E-state index in [1.807, 2.05) is 0 Å². The van der Waals surface area contributed by atoms with E-state index in [-0.39, 0.29) is 6.54 Å². The van der Waals surface area contributed by atoms with Gasteiger partial charge in [-0.2, -0.15) is 0 Å². The van der Waals surface area contributed by atoms with E-state index in [1.165, 1.54) is 23.0 Å². The van der Waals surface area contributed by atoms with E-state index in [0.29, 0.717) is 16.3 Å². The zero-order valence-electron chi connectivity index (χ0n) is 11.6. The molecule has 7 nitrogen and oxygen atoms in total. The molecule has 0 aromatic carbocycles. The van der Waals surface area contributed by atoms with E-state index in [4.69, 9.17) is 4.52 Å². The van der Waals surface area contributed by atoms with Crippen LogP contribution in [0.5, 0.6) is 0 Å². The summed E-state index contributed by atoms with van der Waals surface area (Å²) >= 11 is 1.26. The van der Waals surface area contributed by atoms with Crippen molar-refractivity contribution in [1.29, 1.82) is 0 Å². The highest BCUT2D eigenvalue weighted by molar-refractivity contribution is 7.13. The van der Waals surface area contributed by atoms with Crippen LogP contribution in [0, 0.1) is 0 Å². The second-order valence-corrected chi connectivity index (χ2v) is 5.53. The SMILES string of the molecule is COC(=O)c1ccc(Cn2c(-c3cccnc3)noc2=O)s1. The molecule has 0 radical (unpaired) electrons. The summed E-state index contributed by atoms with van der Waals surface area (Å²) in [5, 5.41) is 3.79. The average Bonchev–Trinajstić information content (AvgIpc) is 3.16. The first-order valence-corrected chi connectivity index (χ1v) is 7.14. The fourth-order valence-electron chi connectivity index (χ4n) is 1.94. The smallest absolute Gasteiger partial charge is 0.442 e. The van der Waals surface area contributed by atoms with Crippen LogP contribution in [-0.4, -0.2) is 27.8 Å². The molecule has 0 atom stereocenters. The van der Waals surface area contributed by atoms with Gasteiger partial charge in [0, 0.05) is 22.8 Å². The zero-order chi connectivity index (χ0) is 15.5. The third-order valence-corrected chi connectivity index (χ3v) is 4.02. The molecule has 3 rings (SSSR count). The molecule has 22 heavy (non-hydrogen) atoms. The van der Waals surface area contributed by atoms with E-state index in [9.17, 15) is 9.59 Å². The summed E-state index contributed by atoms with van der Waals surface area (Å²) in [6.07, 6.45) is 3.23. The first-order chi connectivity index (χ1) is 10.7. The number of carbonyl (C=O) groups excluding carboxylic acids is 1. The van der Waals surface area contributed by atoms with Gasteiger partial charge in [0.25, 0.3) is 0 Å². The van der Waals surface area contributed by atoms with Crippen LogP contribution in [0.15, 0.2) is 46.0 Å². The molecular weight excluding hydrogens is 306 g/mol. The molecule has 0 fully saturated rings. The van der Waals surface area contributed by atoms with Crippen LogP contribution in [0.3, 0.4) is 0 Å². The minimum atomic E-state index is -0.563. The van der Waals surface area contributed by atoms with Crippen LogP contribution in [0.1, 0.15) is 14.5 Å². The fourth-order valence-corrected chi connectivity index (χ4v) is 2.85. The Bertz CT molecular complexity index is 850. The Labute approximate surface area is 128 Å². The second kappa shape index (κ2) is 5.94. The van der Waals surface area contributed by atoms with Gasteiger partial charge in [-0.15, -0.1) is 11.3 Å². The largest absolute Gasteiger partial charge is 0.465 e. The van der Waals surface area contributed by atoms with E-state index in [0.717, 1.165) is 4.88 Å². The van der Waals surface area contributed by atoms with Crippen LogP contribution in [0.25, 0.3) is 11.4 Å². The van der Waals surface area contributed by atoms with Crippen molar-refractivity contribution in [3.8, 4) is 11.4 Å². The average molecular weight is 317 g/mol.